The lowest BCUT2D eigenvalue weighted by Gasteiger charge is -2.20. The summed E-state index contributed by atoms with van der Waals surface area (Å²) in [6.07, 6.45) is 1.28. The van der Waals surface area contributed by atoms with E-state index in [9.17, 15) is 0 Å². The van der Waals surface area contributed by atoms with Crippen molar-refractivity contribution in [1.29, 1.82) is 0 Å². The fraction of sp³-hybridized carbons (Fsp3) is 1.00. The van der Waals surface area contributed by atoms with Crippen molar-refractivity contribution in [3.8, 4) is 0 Å². The van der Waals surface area contributed by atoms with E-state index in [0.717, 1.165) is 0 Å². The summed E-state index contributed by atoms with van der Waals surface area (Å²) in [7, 11) is 4.23. The van der Waals surface area contributed by atoms with Crippen LogP contribution in [0, 0.1) is 5.41 Å². The lowest BCUT2D eigenvalue weighted by atomic mass is 9.92. The Labute approximate surface area is 75.6 Å². The van der Waals surface area contributed by atoms with Gasteiger partial charge in [-0.25, -0.2) is 0 Å². The molecule has 0 atom stereocenters. The summed E-state index contributed by atoms with van der Waals surface area (Å²) in [5.41, 5.74) is 0.490. The molecule has 0 aromatic heterocycles. The lowest BCUT2D eigenvalue weighted by Crippen LogP contribution is -2.19. The minimum absolute atomic E-state index is 0. The van der Waals surface area contributed by atoms with Gasteiger partial charge in [0, 0.05) is 0 Å². The molecule has 0 aliphatic rings. The third-order valence-corrected chi connectivity index (χ3v) is 1.31. The van der Waals surface area contributed by atoms with Crippen LogP contribution in [0.1, 0.15) is 27.2 Å². The summed E-state index contributed by atoms with van der Waals surface area (Å²) in [5, 5.41) is 0. The van der Waals surface area contributed by atoms with E-state index in [2.05, 4.69) is 39.8 Å². The quantitative estimate of drug-likeness (QED) is 0.677. The first-order valence-corrected chi connectivity index (χ1v) is 3.56. The third-order valence-electron chi connectivity index (χ3n) is 1.31. The minimum atomic E-state index is 0. The average Bonchev–Trinajstić information content (AvgIpc) is 1.59. The maximum Gasteiger partial charge on any atom is -0.00198 e. The monoisotopic (exact) mass is 209 g/mol. The van der Waals surface area contributed by atoms with E-state index in [4.69, 9.17) is 0 Å². The summed E-state index contributed by atoms with van der Waals surface area (Å²) < 4.78 is 0. The van der Waals surface area contributed by atoms with Crippen molar-refractivity contribution in [2.45, 2.75) is 27.2 Å². The van der Waals surface area contributed by atoms with Crippen LogP contribution in [-0.4, -0.2) is 25.5 Å². The Morgan fingerprint density at radius 3 is 1.60 bits per heavy atom. The minimum Gasteiger partial charge on any atom is -0.309 e. The van der Waals surface area contributed by atoms with Crippen molar-refractivity contribution < 1.29 is 0 Å². The van der Waals surface area contributed by atoms with Gasteiger partial charge in [-0.3, -0.25) is 0 Å². The Morgan fingerprint density at radius 1 is 1.10 bits per heavy atom. The second-order valence-electron chi connectivity index (χ2n) is 4.11. The smallest absolute Gasteiger partial charge is 0.00198 e. The van der Waals surface area contributed by atoms with Crippen LogP contribution in [-0.2, 0) is 0 Å². The molecule has 0 spiro atoms. The van der Waals surface area contributed by atoms with Crippen LogP contribution >= 0.6 is 17.0 Å². The van der Waals surface area contributed by atoms with Crippen LogP contribution in [0.25, 0.3) is 0 Å². The van der Waals surface area contributed by atoms with Crippen molar-refractivity contribution >= 4 is 17.0 Å². The molecule has 0 heterocycles. The fourth-order valence-corrected chi connectivity index (χ4v) is 0.559. The van der Waals surface area contributed by atoms with Crippen LogP contribution < -0.4 is 0 Å². The number of hydrogen-bond donors (Lipinski definition) is 0. The molecule has 0 N–H and O–H groups in total. The van der Waals surface area contributed by atoms with E-state index < -0.39 is 0 Å². The van der Waals surface area contributed by atoms with E-state index >= 15 is 0 Å². The Morgan fingerprint density at radius 2 is 1.50 bits per heavy atom. The van der Waals surface area contributed by atoms with Crippen LogP contribution in [0.15, 0.2) is 0 Å². The predicted molar refractivity (Wildman–Crippen MR) is 52.9 cm³/mol. The van der Waals surface area contributed by atoms with Crippen LogP contribution in [0.2, 0.25) is 0 Å². The van der Waals surface area contributed by atoms with E-state index in [1.165, 1.54) is 13.0 Å². The summed E-state index contributed by atoms with van der Waals surface area (Å²) >= 11 is 0. The molecule has 0 fully saturated rings. The van der Waals surface area contributed by atoms with Gasteiger partial charge in [-0.15, -0.1) is 17.0 Å². The Bertz CT molecular complexity index is 73.8. The van der Waals surface area contributed by atoms with Gasteiger partial charge in [0.25, 0.3) is 0 Å². The van der Waals surface area contributed by atoms with E-state index in [-0.39, 0.29) is 17.0 Å². The van der Waals surface area contributed by atoms with Gasteiger partial charge in [0.05, 0.1) is 0 Å². The highest BCUT2D eigenvalue weighted by molar-refractivity contribution is 8.93. The molecule has 0 rings (SSSR count). The van der Waals surface area contributed by atoms with Gasteiger partial charge in [0.2, 0.25) is 0 Å². The SMILES string of the molecule is Br.CN(C)CCC(C)(C)C. The molecule has 0 bridgehead atoms. The van der Waals surface area contributed by atoms with Gasteiger partial charge in [0.15, 0.2) is 0 Å². The molecule has 0 saturated heterocycles. The van der Waals surface area contributed by atoms with Gasteiger partial charge < -0.3 is 4.90 Å². The van der Waals surface area contributed by atoms with Crippen molar-refractivity contribution in [3.05, 3.63) is 0 Å². The zero-order chi connectivity index (χ0) is 7.49. The van der Waals surface area contributed by atoms with E-state index in [1.807, 2.05) is 0 Å². The second kappa shape index (κ2) is 5.14. The van der Waals surface area contributed by atoms with Crippen molar-refractivity contribution in [2.24, 2.45) is 5.41 Å². The molecule has 0 unspecified atom stereocenters. The van der Waals surface area contributed by atoms with Crippen LogP contribution in [0.3, 0.4) is 0 Å². The topological polar surface area (TPSA) is 3.24 Å². The Kier molecular flexibility index (Phi) is 6.71. The molecule has 0 amide bonds. The molecule has 64 valence electrons. The highest BCUT2D eigenvalue weighted by Gasteiger charge is 2.08. The first-order valence-electron chi connectivity index (χ1n) is 3.56. The number of rotatable bonds is 2. The molecule has 0 aliphatic carbocycles. The van der Waals surface area contributed by atoms with Crippen molar-refractivity contribution in [1.82, 2.24) is 4.90 Å². The molecule has 10 heavy (non-hydrogen) atoms. The van der Waals surface area contributed by atoms with Gasteiger partial charge in [-0.2, -0.15) is 0 Å². The van der Waals surface area contributed by atoms with E-state index in [0.29, 0.717) is 5.41 Å². The Hall–Kier alpha value is 0.440. The van der Waals surface area contributed by atoms with Crippen molar-refractivity contribution in [3.63, 3.8) is 0 Å². The van der Waals surface area contributed by atoms with Gasteiger partial charge >= 0.3 is 0 Å². The largest absolute Gasteiger partial charge is 0.309 e. The Balaban J connectivity index is 0. The molecule has 0 radical (unpaired) electrons. The zero-order valence-corrected chi connectivity index (χ0v) is 9.48. The molecule has 0 aliphatic heterocycles. The summed E-state index contributed by atoms with van der Waals surface area (Å²) in [6, 6.07) is 0. The predicted octanol–water partition coefficient (Wildman–Crippen LogP) is 2.56. The average molecular weight is 210 g/mol. The first kappa shape index (κ1) is 13.1. The molecule has 2 heteroatoms. The van der Waals surface area contributed by atoms with Crippen LogP contribution in [0.4, 0.5) is 0 Å². The second-order valence-corrected chi connectivity index (χ2v) is 4.11. The number of halogens is 1. The lowest BCUT2D eigenvalue weighted by molar-refractivity contribution is 0.297. The number of nitrogens with zero attached hydrogens (tertiary/aromatic N) is 1. The maximum atomic E-state index is 2.27. The van der Waals surface area contributed by atoms with E-state index in [1.54, 1.807) is 0 Å². The molecule has 0 aromatic carbocycles. The van der Waals surface area contributed by atoms with Gasteiger partial charge in [-0.05, 0) is 32.5 Å². The van der Waals surface area contributed by atoms with Gasteiger partial charge in [0.1, 0.15) is 0 Å². The molecular formula is C8H20BrN. The molecule has 1 nitrogen and oxygen atoms in total. The highest BCUT2D eigenvalue weighted by Crippen LogP contribution is 2.17. The summed E-state index contributed by atoms with van der Waals surface area (Å²) in [5.74, 6) is 0. The van der Waals surface area contributed by atoms with Crippen LogP contribution in [0.5, 0.6) is 0 Å². The molecule has 0 saturated carbocycles. The number of hydrogen-bond acceptors (Lipinski definition) is 1. The summed E-state index contributed by atoms with van der Waals surface area (Å²) in [4.78, 5) is 2.23. The third kappa shape index (κ3) is 11.3. The highest BCUT2D eigenvalue weighted by atomic mass is 79.9. The van der Waals surface area contributed by atoms with Gasteiger partial charge in [-0.1, -0.05) is 20.8 Å². The van der Waals surface area contributed by atoms with Crippen molar-refractivity contribution in [2.75, 3.05) is 20.6 Å². The fourth-order valence-electron chi connectivity index (χ4n) is 0.559. The first-order chi connectivity index (χ1) is 3.92. The standard InChI is InChI=1S/C8H19N.BrH/c1-8(2,3)6-7-9(4)5;/h6-7H2,1-5H3;1H. The molecule has 0 aromatic rings. The zero-order valence-electron chi connectivity index (χ0n) is 7.77. The normalized spacial score (nSPS) is 11.4. The summed E-state index contributed by atoms with van der Waals surface area (Å²) in [6.45, 7) is 8.02. The molecular weight excluding hydrogens is 190 g/mol. The maximum absolute atomic E-state index is 2.27.